The van der Waals surface area contributed by atoms with Crippen LogP contribution < -0.4 is 0 Å². The number of fused-ring (bicyclic) bond motifs is 5. The fraction of sp³-hybridized carbons (Fsp3) is 0.875. The van der Waals surface area contributed by atoms with E-state index >= 15 is 4.39 Å². The Balaban J connectivity index is 1.61. The fourth-order valence-electron chi connectivity index (χ4n) is 8.38. The summed E-state index contributed by atoms with van der Waals surface area (Å²) in [6.07, 6.45) is 8.21. The van der Waals surface area contributed by atoms with Crippen LogP contribution in [0.1, 0.15) is 72.1 Å². The van der Waals surface area contributed by atoms with E-state index in [1.807, 2.05) is 0 Å². The molecule has 3 saturated carbocycles. The number of methoxy groups -OCH3 is 1. The molecule has 0 heterocycles. The molecule has 4 aliphatic carbocycles. The monoisotopic (exact) mass is 392 g/mol. The van der Waals surface area contributed by atoms with E-state index < -0.39 is 5.97 Å². The quantitative estimate of drug-likeness (QED) is 0.665. The Kier molecular flexibility index (Phi) is 5.17. The van der Waals surface area contributed by atoms with E-state index in [-0.39, 0.29) is 23.8 Å². The van der Waals surface area contributed by atoms with E-state index in [0.29, 0.717) is 47.0 Å². The van der Waals surface area contributed by atoms with E-state index in [9.17, 15) is 9.90 Å². The predicted molar refractivity (Wildman–Crippen MR) is 107 cm³/mol. The molecule has 28 heavy (non-hydrogen) atoms. The third-order valence-electron chi connectivity index (χ3n) is 9.86. The predicted octanol–water partition coefficient (Wildman–Crippen LogP) is 5.28. The molecule has 3 fully saturated rings. The lowest BCUT2D eigenvalue weighted by atomic mass is 9.45. The summed E-state index contributed by atoms with van der Waals surface area (Å²) in [6.45, 7) is 7.27. The van der Waals surface area contributed by atoms with Gasteiger partial charge in [-0.25, -0.2) is 9.18 Å². The maximum Gasteiger partial charge on any atom is 0.336 e. The molecule has 1 N–H and O–H groups in total. The first-order valence-corrected chi connectivity index (χ1v) is 11.4. The number of ether oxygens (including phenoxy) is 1. The number of hydrogen-bond donors (Lipinski definition) is 1. The Morgan fingerprint density at radius 2 is 1.86 bits per heavy atom. The Morgan fingerprint density at radius 3 is 2.54 bits per heavy atom. The highest BCUT2D eigenvalue weighted by atomic mass is 19.1. The first-order chi connectivity index (χ1) is 13.3. The van der Waals surface area contributed by atoms with Gasteiger partial charge in [0, 0.05) is 12.5 Å². The molecular weight excluding hydrogens is 355 g/mol. The average Bonchev–Trinajstić information content (AvgIpc) is 3.04. The van der Waals surface area contributed by atoms with Gasteiger partial charge in [-0.15, -0.1) is 0 Å². The van der Waals surface area contributed by atoms with Crippen molar-refractivity contribution in [2.75, 3.05) is 13.7 Å². The van der Waals surface area contributed by atoms with Gasteiger partial charge >= 0.3 is 5.97 Å². The van der Waals surface area contributed by atoms with Gasteiger partial charge in [-0.3, -0.25) is 0 Å². The van der Waals surface area contributed by atoms with Gasteiger partial charge in [0.15, 0.2) is 0 Å². The summed E-state index contributed by atoms with van der Waals surface area (Å²) < 4.78 is 20.2. The summed E-state index contributed by atoms with van der Waals surface area (Å²) in [5.41, 5.74) is 0.584. The highest BCUT2D eigenvalue weighted by Crippen LogP contribution is 2.68. The molecule has 0 spiro atoms. The van der Waals surface area contributed by atoms with Crippen molar-refractivity contribution in [3.05, 3.63) is 11.4 Å². The van der Waals surface area contributed by atoms with Gasteiger partial charge in [0.2, 0.25) is 0 Å². The molecule has 158 valence electrons. The van der Waals surface area contributed by atoms with Crippen LogP contribution in [0.3, 0.4) is 0 Å². The number of aliphatic hydroxyl groups excluding tert-OH is 1. The molecule has 0 radical (unpaired) electrons. The van der Waals surface area contributed by atoms with E-state index in [2.05, 4.69) is 20.8 Å². The van der Waals surface area contributed by atoms with Crippen LogP contribution in [0.15, 0.2) is 11.4 Å². The Labute approximate surface area is 169 Å². The average molecular weight is 393 g/mol. The molecule has 0 aromatic rings. The highest BCUT2D eigenvalue weighted by molar-refractivity contribution is 5.89. The number of hydrogen-bond acceptors (Lipinski definition) is 3. The summed E-state index contributed by atoms with van der Waals surface area (Å²) in [4.78, 5) is 12.0. The molecule has 3 nitrogen and oxygen atoms in total. The SMILES string of the molecule is COC(=O)C1=C(F)[C@@H]2CC[C@@H]3[C@H](CC[C@]4(C)[C@@H]([C@H](C)CO)CC[C@@H]34)[C@@]2(C)CC1. The van der Waals surface area contributed by atoms with Crippen molar-refractivity contribution in [3.63, 3.8) is 0 Å². The van der Waals surface area contributed by atoms with Crippen molar-refractivity contribution < 1.29 is 19.0 Å². The van der Waals surface area contributed by atoms with Gasteiger partial charge in [-0.2, -0.15) is 0 Å². The van der Waals surface area contributed by atoms with Gasteiger partial charge < -0.3 is 9.84 Å². The van der Waals surface area contributed by atoms with Crippen LogP contribution in [0.25, 0.3) is 0 Å². The van der Waals surface area contributed by atoms with Crippen molar-refractivity contribution in [1.29, 1.82) is 0 Å². The lowest BCUT2D eigenvalue weighted by Gasteiger charge is -2.60. The minimum Gasteiger partial charge on any atom is -0.466 e. The van der Waals surface area contributed by atoms with E-state index in [1.165, 1.54) is 32.8 Å². The van der Waals surface area contributed by atoms with Gasteiger partial charge in [-0.1, -0.05) is 20.8 Å². The minimum atomic E-state index is -0.477. The Hall–Kier alpha value is -0.900. The van der Waals surface area contributed by atoms with Crippen molar-refractivity contribution >= 4 is 5.97 Å². The summed E-state index contributed by atoms with van der Waals surface area (Å²) >= 11 is 0. The molecule has 0 aliphatic heterocycles. The standard InChI is InChI=1S/C24H37FO3/c1-14(13-26)17-7-8-18-15-5-6-20-21(25)16(22(27)28-4)9-11-24(20,3)19(15)10-12-23(17,18)2/h14-15,17-20,26H,5-13H2,1-4H3/t14-,15+,17-,18+,19+,20+,23-,24-/m1/s1. The van der Waals surface area contributed by atoms with E-state index in [1.54, 1.807) is 0 Å². The molecule has 0 bridgehead atoms. The molecule has 0 aromatic heterocycles. The molecule has 8 atom stereocenters. The van der Waals surface area contributed by atoms with Crippen molar-refractivity contribution in [1.82, 2.24) is 0 Å². The normalized spacial score (nSPS) is 46.4. The van der Waals surface area contributed by atoms with Crippen LogP contribution in [0.5, 0.6) is 0 Å². The molecule has 0 saturated heterocycles. The number of halogens is 1. The number of allylic oxidation sites excluding steroid dienone is 1. The van der Waals surface area contributed by atoms with Gasteiger partial charge in [0.05, 0.1) is 12.7 Å². The first kappa shape index (κ1) is 20.4. The fourth-order valence-corrected chi connectivity index (χ4v) is 8.38. The topological polar surface area (TPSA) is 46.5 Å². The zero-order valence-electron chi connectivity index (χ0n) is 18.0. The van der Waals surface area contributed by atoms with Crippen molar-refractivity contribution in [3.8, 4) is 0 Å². The summed E-state index contributed by atoms with van der Waals surface area (Å²) in [5.74, 6) is 2.14. The van der Waals surface area contributed by atoms with Crippen LogP contribution in [0.4, 0.5) is 4.39 Å². The maximum absolute atomic E-state index is 15.3. The molecular formula is C24H37FO3. The van der Waals surface area contributed by atoms with E-state index in [0.717, 1.165) is 19.3 Å². The highest BCUT2D eigenvalue weighted by Gasteiger charge is 2.61. The smallest absolute Gasteiger partial charge is 0.336 e. The summed E-state index contributed by atoms with van der Waals surface area (Å²) in [6, 6.07) is 0. The third-order valence-corrected chi connectivity index (χ3v) is 9.86. The molecule has 4 heteroatoms. The lowest BCUT2D eigenvalue weighted by molar-refractivity contribution is -0.138. The lowest BCUT2D eigenvalue weighted by Crippen LogP contribution is -2.53. The molecule has 4 rings (SSSR count). The zero-order chi connectivity index (χ0) is 20.3. The second-order valence-electron chi connectivity index (χ2n) is 10.7. The van der Waals surface area contributed by atoms with E-state index in [4.69, 9.17) is 4.74 Å². The van der Waals surface area contributed by atoms with Gasteiger partial charge in [-0.05, 0) is 91.8 Å². The minimum absolute atomic E-state index is 0.0352. The van der Waals surface area contributed by atoms with Crippen molar-refractivity contribution in [2.45, 2.75) is 72.1 Å². The number of esters is 1. The first-order valence-electron chi connectivity index (χ1n) is 11.4. The van der Waals surface area contributed by atoms with Gasteiger partial charge in [0.25, 0.3) is 0 Å². The Morgan fingerprint density at radius 1 is 1.14 bits per heavy atom. The second kappa shape index (κ2) is 7.11. The van der Waals surface area contributed by atoms with Crippen LogP contribution in [0.2, 0.25) is 0 Å². The van der Waals surface area contributed by atoms with Crippen molar-refractivity contribution in [2.24, 2.45) is 46.3 Å². The number of aliphatic hydroxyl groups is 1. The molecule has 0 aromatic carbocycles. The molecule has 4 aliphatic rings. The van der Waals surface area contributed by atoms with Crippen LogP contribution in [0, 0.1) is 46.3 Å². The third kappa shape index (κ3) is 2.73. The largest absolute Gasteiger partial charge is 0.466 e. The number of carbonyl (C=O) groups excluding carboxylic acids is 1. The van der Waals surface area contributed by atoms with Crippen LogP contribution >= 0.6 is 0 Å². The molecule has 0 amide bonds. The maximum atomic E-state index is 15.3. The summed E-state index contributed by atoms with van der Waals surface area (Å²) in [5, 5.41) is 9.76. The number of rotatable bonds is 3. The van der Waals surface area contributed by atoms with Crippen LogP contribution in [-0.2, 0) is 9.53 Å². The zero-order valence-corrected chi connectivity index (χ0v) is 18.0. The van der Waals surface area contributed by atoms with Gasteiger partial charge in [0.1, 0.15) is 5.83 Å². The second-order valence-corrected chi connectivity index (χ2v) is 10.7. The Bertz CT molecular complexity index is 673. The van der Waals surface area contributed by atoms with Crippen LogP contribution in [-0.4, -0.2) is 24.8 Å². The number of carbonyl (C=O) groups is 1. The summed E-state index contributed by atoms with van der Waals surface area (Å²) in [7, 11) is 1.35. The molecule has 0 unspecified atom stereocenters.